The summed E-state index contributed by atoms with van der Waals surface area (Å²) >= 11 is 0. The van der Waals surface area contributed by atoms with Crippen LogP contribution < -0.4 is 10.6 Å². The second-order valence-corrected chi connectivity index (χ2v) is 6.93. The fourth-order valence-corrected chi connectivity index (χ4v) is 3.08. The molecule has 150 valence electrons. The summed E-state index contributed by atoms with van der Waals surface area (Å²) in [6.07, 6.45) is 0. The molecule has 3 rings (SSSR count). The minimum atomic E-state index is -0.927. The normalized spacial score (nSPS) is 15.8. The lowest BCUT2D eigenvalue weighted by molar-refractivity contribution is 0.0342. The van der Waals surface area contributed by atoms with Gasteiger partial charge < -0.3 is 15.4 Å². The van der Waals surface area contributed by atoms with E-state index in [1.165, 1.54) is 11.6 Å². The summed E-state index contributed by atoms with van der Waals surface area (Å²) in [5.74, 6) is -1.83. The lowest BCUT2D eigenvalue weighted by Crippen LogP contribution is -2.36. The molecule has 5 nitrogen and oxygen atoms in total. The number of morpholine rings is 1. The quantitative estimate of drug-likeness (QED) is 0.797. The van der Waals surface area contributed by atoms with Crippen molar-refractivity contribution in [3.8, 4) is 0 Å². The second-order valence-electron chi connectivity index (χ2n) is 6.93. The maximum absolute atomic E-state index is 13.3. The monoisotopic (exact) mass is 389 g/mol. The smallest absolute Gasteiger partial charge is 0.315 e. The Labute approximate surface area is 163 Å². The molecule has 1 aliphatic rings. The molecule has 0 bridgehead atoms. The van der Waals surface area contributed by atoms with Gasteiger partial charge in [-0.2, -0.15) is 0 Å². The number of nitrogens with one attached hydrogen (secondary N) is 2. The predicted molar refractivity (Wildman–Crippen MR) is 103 cm³/mol. The molecule has 0 unspecified atom stereocenters. The van der Waals surface area contributed by atoms with Gasteiger partial charge in [-0.3, -0.25) is 4.90 Å². The number of benzene rings is 2. The van der Waals surface area contributed by atoms with E-state index in [4.69, 9.17) is 4.74 Å². The number of nitrogens with zero attached hydrogens (tertiary/aromatic N) is 1. The Hall–Kier alpha value is -2.51. The van der Waals surface area contributed by atoms with E-state index in [1.807, 2.05) is 12.1 Å². The Morgan fingerprint density at radius 1 is 1.07 bits per heavy atom. The van der Waals surface area contributed by atoms with E-state index in [1.54, 1.807) is 6.92 Å². The van der Waals surface area contributed by atoms with Crippen LogP contribution in [0.4, 0.5) is 13.6 Å². The van der Waals surface area contributed by atoms with Gasteiger partial charge in [0, 0.05) is 26.2 Å². The molecule has 0 saturated carbocycles. The molecule has 1 atom stereocenters. The minimum Gasteiger partial charge on any atom is -0.379 e. The van der Waals surface area contributed by atoms with Crippen LogP contribution in [0.3, 0.4) is 0 Å². The number of rotatable bonds is 6. The van der Waals surface area contributed by atoms with Crippen LogP contribution in [-0.2, 0) is 17.8 Å². The third-order valence-electron chi connectivity index (χ3n) is 4.78. The van der Waals surface area contributed by atoms with Gasteiger partial charge in [0.25, 0.3) is 0 Å². The zero-order valence-electron chi connectivity index (χ0n) is 15.9. The number of carbonyl (C=O) groups excluding carboxylic acids is 1. The summed E-state index contributed by atoms with van der Waals surface area (Å²) in [5, 5.41) is 5.50. The molecule has 0 aliphatic carbocycles. The van der Waals surface area contributed by atoms with Gasteiger partial charge in [0.2, 0.25) is 0 Å². The van der Waals surface area contributed by atoms with Gasteiger partial charge in [-0.1, -0.05) is 30.3 Å². The summed E-state index contributed by atoms with van der Waals surface area (Å²) in [6, 6.07) is 10.9. The topological polar surface area (TPSA) is 53.6 Å². The van der Waals surface area contributed by atoms with Crippen LogP contribution in [-0.4, -0.2) is 37.2 Å². The molecule has 1 aliphatic heterocycles. The Bertz CT molecular complexity index is 793. The van der Waals surface area contributed by atoms with Crippen molar-refractivity contribution in [1.29, 1.82) is 0 Å². The molecule has 0 aromatic heterocycles. The number of carbonyl (C=O) groups is 1. The molecule has 0 radical (unpaired) electrons. The van der Waals surface area contributed by atoms with Crippen molar-refractivity contribution in [2.24, 2.45) is 0 Å². The van der Waals surface area contributed by atoms with Crippen LogP contribution in [0.2, 0.25) is 0 Å². The van der Waals surface area contributed by atoms with Gasteiger partial charge in [-0.05, 0) is 35.7 Å². The average molecular weight is 389 g/mol. The number of amides is 2. The standard InChI is InChI=1S/C21H25F2N3O2/c1-15(18-6-7-19(22)20(23)12-18)25-21(27)24-13-16-2-4-17(5-3-16)14-26-8-10-28-11-9-26/h2-7,12,15H,8-11,13-14H2,1H3,(H2,24,25,27)/t15-/m1/s1. The van der Waals surface area contributed by atoms with Crippen molar-refractivity contribution in [3.63, 3.8) is 0 Å². The maximum atomic E-state index is 13.3. The first-order valence-electron chi connectivity index (χ1n) is 9.38. The molecule has 28 heavy (non-hydrogen) atoms. The third kappa shape index (κ3) is 5.74. The van der Waals surface area contributed by atoms with Crippen molar-refractivity contribution < 1.29 is 18.3 Å². The Morgan fingerprint density at radius 3 is 2.43 bits per heavy atom. The summed E-state index contributed by atoms with van der Waals surface area (Å²) < 4.78 is 31.7. The summed E-state index contributed by atoms with van der Waals surface area (Å²) in [5.41, 5.74) is 2.71. The molecule has 1 heterocycles. The van der Waals surface area contributed by atoms with Crippen LogP contribution in [0.1, 0.15) is 29.7 Å². The average Bonchev–Trinajstić information content (AvgIpc) is 2.70. The van der Waals surface area contributed by atoms with E-state index in [0.29, 0.717) is 12.1 Å². The Morgan fingerprint density at radius 2 is 1.75 bits per heavy atom. The van der Waals surface area contributed by atoms with Crippen molar-refractivity contribution in [1.82, 2.24) is 15.5 Å². The molecule has 7 heteroatoms. The second kappa shape index (κ2) is 9.61. The number of hydrogen-bond acceptors (Lipinski definition) is 3. The van der Waals surface area contributed by atoms with Crippen LogP contribution in [0.25, 0.3) is 0 Å². The molecule has 1 saturated heterocycles. The van der Waals surface area contributed by atoms with Gasteiger partial charge in [-0.15, -0.1) is 0 Å². The summed E-state index contributed by atoms with van der Waals surface area (Å²) in [7, 11) is 0. The Balaban J connectivity index is 1.45. The molecular weight excluding hydrogens is 364 g/mol. The minimum absolute atomic E-state index is 0.366. The highest BCUT2D eigenvalue weighted by Crippen LogP contribution is 2.16. The Kier molecular flexibility index (Phi) is 6.95. The SMILES string of the molecule is C[C@@H](NC(=O)NCc1ccc(CN2CCOCC2)cc1)c1ccc(F)c(F)c1. The largest absolute Gasteiger partial charge is 0.379 e. The highest BCUT2D eigenvalue weighted by atomic mass is 19.2. The van der Waals surface area contributed by atoms with Crippen LogP contribution in [0.5, 0.6) is 0 Å². The lowest BCUT2D eigenvalue weighted by Gasteiger charge is -2.26. The van der Waals surface area contributed by atoms with Crippen LogP contribution in [0, 0.1) is 11.6 Å². The zero-order chi connectivity index (χ0) is 19.9. The van der Waals surface area contributed by atoms with Crippen molar-refractivity contribution >= 4 is 6.03 Å². The number of ether oxygens (including phenoxy) is 1. The van der Waals surface area contributed by atoms with E-state index in [0.717, 1.165) is 50.5 Å². The van der Waals surface area contributed by atoms with Gasteiger partial charge in [0.1, 0.15) is 0 Å². The van der Waals surface area contributed by atoms with Crippen molar-refractivity contribution in [3.05, 3.63) is 70.8 Å². The van der Waals surface area contributed by atoms with E-state index in [2.05, 4.69) is 27.7 Å². The number of urea groups is 1. The molecule has 1 fully saturated rings. The fraction of sp³-hybridized carbons (Fsp3) is 0.381. The van der Waals surface area contributed by atoms with Crippen molar-refractivity contribution in [2.45, 2.75) is 26.1 Å². The molecule has 2 aromatic carbocycles. The third-order valence-corrected chi connectivity index (χ3v) is 4.78. The summed E-state index contributed by atoms with van der Waals surface area (Å²) in [4.78, 5) is 14.4. The van der Waals surface area contributed by atoms with Gasteiger partial charge in [0.15, 0.2) is 11.6 Å². The fourth-order valence-electron chi connectivity index (χ4n) is 3.08. The molecule has 0 spiro atoms. The highest BCUT2D eigenvalue weighted by molar-refractivity contribution is 5.74. The van der Waals surface area contributed by atoms with Crippen LogP contribution >= 0.6 is 0 Å². The van der Waals surface area contributed by atoms with Crippen molar-refractivity contribution in [2.75, 3.05) is 26.3 Å². The maximum Gasteiger partial charge on any atom is 0.315 e. The molecule has 2 amide bonds. The molecular formula is C21H25F2N3O2. The van der Waals surface area contributed by atoms with E-state index in [-0.39, 0.29) is 6.03 Å². The highest BCUT2D eigenvalue weighted by Gasteiger charge is 2.12. The van der Waals surface area contributed by atoms with Crippen LogP contribution in [0.15, 0.2) is 42.5 Å². The van der Waals surface area contributed by atoms with E-state index >= 15 is 0 Å². The first-order chi connectivity index (χ1) is 13.5. The predicted octanol–water partition coefficient (Wildman–Crippen LogP) is 3.36. The number of hydrogen-bond donors (Lipinski definition) is 2. The van der Waals surface area contributed by atoms with E-state index < -0.39 is 17.7 Å². The van der Waals surface area contributed by atoms with Gasteiger partial charge >= 0.3 is 6.03 Å². The first kappa shape index (κ1) is 20.2. The van der Waals surface area contributed by atoms with E-state index in [9.17, 15) is 13.6 Å². The molecule has 2 aromatic rings. The number of halogens is 2. The summed E-state index contributed by atoms with van der Waals surface area (Å²) in [6.45, 7) is 6.43. The zero-order valence-corrected chi connectivity index (χ0v) is 15.9. The van der Waals surface area contributed by atoms with Gasteiger partial charge in [0.05, 0.1) is 19.3 Å². The first-order valence-corrected chi connectivity index (χ1v) is 9.38. The van der Waals surface area contributed by atoms with Gasteiger partial charge in [-0.25, -0.2) is 13.6 Å². The lowest BCUT2D eigenvalue weighted by atomic mass is 10.1. The molecule has 2 N–H and O–H groups in total.